The predicted octanol–water partition coefficient (Wildman–Crippen LogP) is 2.55. The van der Waals surface area contributed by atoms with E-state index < -0.39 is 0 Å². The molecule has 1 aromatic heterocycles. The van der Waals surface area contributed by atoms with E-state index in [9.17, 15) is 9.59 Å². The molecule has 1 N–H and O–H groups in total. The summed E-state index contributed by atoms with van der Waals surface area (Å²) in [6, 6.07) is 7.85. The second-order valence-corrected chi connectivity index (χ2v) is 6.74. The Kier molecular flexibility index (Phi) is 5.22. The van der Waals surface area contributed by atoms with Crippen molar-refractivity contribution in [2.45, 2.75) is 26.7 Å². The van der Waals surface area contributed by atoms with E-state index in [4.69, 9.17) is 0 Å². The summed E-state index contributed by atoms with van der Waals surface area (Å²) in [6.07, 6.45) is 4.91. The van der Waals surface area contributed by atoms with Gasteiger partial charge in [-0.2, -0.15) is 0 Å². The molecule has 0 spiro atoms. The molecule has 132 valence electrons. The molecule has 5 nitrogen and oxygen atoms in total. The highest BCUT2D eigenvalue weighted by molar-refractivity contribution is 5.95. The Labute approximate surface area is 148 Å². The lowest BCUT2D eigenvalue weighted by molar-refractivity contribution is -0.130. The Morgan fingerprint density at radius 2 is 1.80 bits per heavy atom. The smallest absolute Gasteiger partial charge is 0.254 e. The number of aromatic amines is 1. The summed E-state index contributed by atoms with van der Waals surface area (Å²) < 4.78 is 0. The second-order valence-electron chi connectivity index (χ2n) is 6.74. The number of H-pyrrole nitrogens is 1. The SMILES string of the molecule is Cc1ccc(C(=O)N2CCCN(C(=O)Cc3cc[nH]c3)CC2)c(C)c1. The molecule has 1 fully saturated rings. The van der Waals surface area contributed by atoms with Crippen molar-refractivity contribution in [1.29, 1.82) is 0 Å². The second kappa shape index (κ2) is 7.55. The first-order valence-corrected chi connectivity index (χ1v) is 8.80. The number of aryl methyl sites for hydroxylation is 2. The van der Waals surface area contributed by atoms with Crippen molar-refractivity contribution in [2.24, 2.45) is 0 Å². The van der Waals surface area contributed by atoms with Crippen molar-refractivity contribution in [2.75, 3.05) is 26.2 Å². The Morgan fingerprint density at radius 1 is 1.04 bits per heavy atom. The summed E-state index contributed by atoms with van der Waals surface area (Å²) in [5, 5.41) is 0. The Morgan fingerprint density at radius 3 is 2.52 bits per heavy atom. The molecule has 0 unspecified atom stereocenters. The maximum atomic E-state index is 12.8. The van der Waals surface area contributed by atoms with Gasteiger partial charge in [-0.25, -0.2) is 0 Å². The van der Waals surface area contributed by atoms with Gasteiger partial charge in [0, 0.05) is 44.1 Å². The van der Waals surface area contributed by atoms with Crippen LogP contribution >= 0.6 is 0 Å². The van der Waals surface area contributed by atoms with Gasteiger partial charge in [-0.15, -0.1) is 0 Å². The van der Waals surface area contributed by atoms with Gasteiger partial charge < -0.3 is 14.8 Å². The molecule has 0 radical (unpaired) electrons. The summed E-state index contributed by atoms with van der Waals surface area (Å²) in [6.45, 7) is 6.59. The van der Waals surface area contributed by atoms with Crippen molar-refractivity contribution < 1.29 is 9.59 Å². The van der Waals surface area contributed by atoms with E-state index in [2.05, 4.69) is 4.98 Å². The summed E-state index contributed by atoms with van der Waals surface area (Å²) in [5.41, 5.74) is 3.93. The minimum absolute atomic E-state index is 0.0671. The summed E-state index contributed by atoms with van der Waals surface area (Å²) >= 11 is 0. The third kappa shape index (κ3) is 4.10. The van der Waals surface area contributed by atoms with Crippen LogP contribution in [0.15, 0.2) is 36.7 Å². The molecule has 1 saturated heterocycles. The van der Waals surface area contributed by atoms with Crippen molar-refractivity contribution in [3.63, 3.8) is 0 Å². The van der Waals surface area contributed by atoms with E-state index >= 15 is 0 Å². The number of hydrogen-bond donors (Lipinski definition) is 1. The summed E-state index contributed by atoms with van der Waals surface area (Å²) in [5.74, 6) is 0.192. The third-order valence-electron chi connectivity index (χ3n) is 4.77. The maximum absolute atomic E-state index is 12.8. The number of carbonyl (C=O) groups excluding carboxylic acids is 2. The van der Waals surface area contributed by atoms with Crippen molar-refractivity contribution in [3.05, 3.63) is 58.9 Å². The lowest BCUT2D eigenvalue weighted by Crippen LogP contribution is -2.38. The Hall–Kier alpha value is -2.56. The highest BCUT2D eigenvalue weighted by atomic mass is 16.2. The first-order chi connectivity index (χ1) is 12.0. The molecule has 0 aliphatic carbocycles. The zero-order valence-corrected chi connectivity index (χ0v) is 14.9. The van der Waals surface area contributed by atoms with Crippen LogP contribution < -0.4 is 0 Å². The lowest BCUT2D eigenvalue weighted by Gasteiger charge is -2.23. The van der Waals surface area contributed by atoms with E-state index in [1.54, 1.807) is 0 Å². The first-order valence-electron chi connectivity index (χ1n) is 8.80. The highest BCUT2D eigenvalue weighted by Crippen LogP contribution is 2.15. The number of aromatic nitrogens is 1. The van der Waals surface area contributed by atoms with Crippen molar-refractivity contribution in [1.82, 2.24) is 14.8 Å². The molecule has 25 heavy (non-hydrogen) atoms. The molecule has 5 heteroatoms. The molecule has 1 aromatic carbocycles. The number of benzene rings is 1. The third-order valence-corrected chi connectivity index (χ3v) is 4.77. The molecule has 0 atom stereocenters. The molecule has 3 rings (SSSR count). The predicted molar refractivity (Wildman–Crippen MR) is 97.5 cm³/mol. The summed E-state index contributed by atoms with van der Waals surface area (Å²) in [4.78, 5) is 32.0. The van der Waals surface area contributed by atoms with Crippen LogP contribution in [0.2, 0.25) is 0 Å². The van der Waals surface area contributed by atoms with Gasteiger partial charge in [0.2, 0.25) is 5.91 Å². The van der Waals surface area contributed by atoms with Crippen LogP contribution in [-0.2, 0) is 11.2 Å². The fourth-order valence-corrected chi connectivity index (χ4v) is 3.35. The highest BCUT2D eigenvalue weighted by Gasteiger charge is 2.23. The Balaban J connectivity index is 1.63. The normalized spacial score (nSPS) is 15.1. The lowest BCUT2D eigenvalue weighted by atomic mass is 10.0. The van der Waals surface area contributed by atoms with Crippen molar-refractivity contribution in [3.8, 4) is 0 Å². The minimum atomic E-state index is 0.0671. The molecule has 2 heterocycles. The van der Waals surface area contributed by atoms with Crippen LogP contribution in [0.1, 0.15) is 33.5 Å². The number of nitrogens with zero attached hydrogens (tertiary/aromatic N) is 2. The van der Waals surface area contributed by atoms with E-state index in [-0.39, 0.29) is 11.8 Å². The zero-order valence-electron chi connectivity index (χ0n) is 14.9. The van der Waals surface area contributed by atoms with Crippen LogP contribution in [0.4, 0.5) is 0 Å². The molecule has 0 saturated carbocycles. The first kappa shape index (κ1) is 17.3. The molecule has 1 aliphatic heterocycles. The molecule has 2 amide bonds. The number of hydrogen-bond acceptors (Lipinski definition) is 2. The van der Waals surface area contributed by atoms with Crippen molar-refractivity contribution >= 4 is 11.8 Å². The average Bonchev–Trinajstić information content (AvgIpc) is 2.95. The van der Waals surface area contributed by atoms with Gasteiger partial charge in [0.05, 0.1) is 6.42 Å². The molecule has 0 bridgehead atoms. The largest absolute Gasteiger partial charge is 0.367 e. The van der Waals surface area contributed by atoms with Gasteiger partial charge in [-0.05, 0) is 43.5 Å². The van der Waals surface area contributed by atoms with Crippen LogP contribution in [0.5, 0.6) is 0 Å². The summed E-state index contributed by atoms with van der Waals surface area (Å²) in [7, 11) is 0. The number of carbonyl (C=O) groups is 2. The van der Waals surface area contributed by atoms with E-state index in [0.717, 1.165) is 28.7 Å². The van der Waals surface area contributed by atoms with Crippen LogP contribution in [0.3, 0.4) is 0 Å². The molecule has 1 aliphatic rings. The maximum Gasteiger partial charge on any atom is 0.254 e. The van der Waals surface area contributed by atoms with Gasteiger partial charge in [0.15, 0.2) is 0 Å². The number of nitrogens with one attached hydrogen (secondary N) is 1. The van der Waals surface area contributed by atoms with Gasteiger partial charge >= 0.3 is 0 Å². The van der Waals surface area contributed by atoms with E-state index in [0.29, 0.717) is 32.6 Å². The van der Waals surface area contributed by atoms with Gasteiger partial charge in [-0.1, -0.05) is 17.7 Å². The van der Waals surface area contributed by atoms with Gasteiger partial charge in [-0.3, -0.25) is 9.59 Å². The van der Waals surface area contributed by atoms with Crippen LogP contribution in [0, 0.1) is 13.8 Å². The number of amides is 2. The standard InChI is InChI=1S/C20H25N3O2/c1-15-4-5-18(16(2)12-15)20(25)23-9-3-8-22(10-11-23)19(24)13-17-6-7-21-14-17/h4-7,12,14,21H,3,8-11,13H2,1-2H3. The Bertz CT molecular complexity index is 752. The number of rotatable bonds is 3. The quantitative estimate of drug-likeness (QED) is 0.934. The fourth-order valence-electron chi connectivity index (χ4n) is 3.35. The average molecular weight is 339 g/mol. The van der Waals surface area contributed by atoms with Crippen LogP contribution in [0.25, 0.3) is 0 Å². The fraction of sp³-hybridized carbons (Fsp3) is 0.400. The van der Waals surface area contributed by atoms with Gasteiger partial charge in [0.1, 0.15) is 0 Å². The van der Waals surface area contributed by atoms with E-state index in [1.165, 1.54) is 0 Å². The van der Waals surface area contributed by atoms with E-state index in [1.807, 2.05) is 60.3 Å². The molecule has 2 aromatic rings. The topological polar surface area (TPSA) is 56.4 Å². The monoisotopic (exact) mass is 339 g/mol. The van der Waals surface area contributed by atoms with Crippen LogP contribution in [-0.4, -0.2) is 52.8 Å². The van der Waals surface area contributed by atoms with Gasteiger partial charge in [0.25, 0.3) is 5.91 Å². The minimum Gasteiger partial charge on any atom is -0.367 e. The molecular formula is C20H25N3O2. The molecular weight excluding hydrogens is 314 g/mol. The zero-order chi connectivity index (χ0) is 17.8.